The van der Waals surface area contributed by atoms with Crippen molar-refractivity contribution in [3.8, 4) is 0 Å². The molecule has 0 bridgehead atoms. The molecule has 4 atom stereocenters. The number of aliphatic hydroxyl groups excluding tert-OH is 2. The summed E-state index contributed by atoms with van der Waals surface area (Å²) < 4.78 is 17.4. The largest absolute Gasteiger partial charge is 0.484 e. The third-order valence-electron chi connectivity index (χ3n) is 10.2. The zero-order valence-corrected chi connectivity index (χ0v) is 33.9. The minimum Gasteiger partial charge on any atom is -0.484 e. The fraction of sp³-hybridized carbons (Fsp3) is 0.952. The van der Waals surface area contributed by atoms with E-state index >= 15 is 0 Å². The smallest absolute Gasteiger partial charge is 0.160 e. The summed E-state index contributed by atoms with van der Waals surface area (Å²) in [5, 5.41) is 22.4. The molecular formula is C42H80O5S2. The van der Waals surface area contributed by atoms with Crippen LogP contribution in [-0.2, 0) is 14.2 Å². The number of unbranched alkanes of at least 4 members (excludes halogenated alkanes) is 28. The second kappa shape index (κ2) is 34.7. The van der Waals surface area contributed by atoms with E-state index in [1.165, 1.54) is 173 Å². The molecule has 0 aromatic heterocycles. The molecule has 0 saturated carbocycles. The molecule has 1 heterocycles. The minimum absolute atomic E-state index is 0.145. The van der Waals surface area contributed by atoms with Crippen molar-refractivity contribution in [3.05, 3.63) is 0 Å². The van der Waals surface area contributed by atoms with Gasteiger partial charge >= 0.3 is 0 Å². The molecule has 0 unspecified atom stereocenters. The van der Waals surface area contributed by atoms with E-state index in [4.69, 9.17) is 38.6 Å². The first-order valence-corrected chi connectivity index (χ1v) is 22.1. The Hall–Kier alpha value is -0.340. The van der Waals surface area contributed by atoms with E-state index in [9.17, 15) is 10.2 Å². The van der Waals surface area contributed by atoms with Crippen molar-refractivity contribution >= 4 is 34.5 Å². The number of rotatable bonds is 35. The zero-order chi connectivity index (χ0) is 35.6. The van der Waals surface area contributed by atoms with Crippen molar-refractivity contribution in [1.29, 1.82) is 0 Å². The monoisotopic (exact) mass is 729 g/mol. The third-order valence-corrected chi connectivity index (χ3v) is 10.9. The molecular weight excluding hydrogens is 649 g/mol. The lowest BCUT2D eigenvalue weighted by molar-refractivity contribution is -0.190. The van der Waals surface area contributed by atoms with Gasteiger partial charge in [0.15, 0.2) is 16.2 Å². The van der Waals surface area contributed by atoms with Crippen LogP contribution in [0.15, 0.2) is 0 Å². The van der Waals surface area contributed by atoms with Crippen molar-refractivity contribution in [2.45, 2.75) is 244 Å². The highest BCUT2D eigenvalue weighted by Gasteiger charge is 2.40. The minimum atomic E-state index is -1.10. The maximum Gasteiger partial charge on any atom is 0.160 e. The van der Waals surface area contributed by atoms with Gasteiger partial charge in [-0.25, -0.2) is 0 Å². The molecule has 5 nitrogen and oxygen atoms in total. The van der Waals surface area contributed by atoms with Crippen LogP contribution in [0.3, 0.4) is 0 Å². The van der Waals surface area contributed by atoms with Crippen molar-refractivity contribution in [3.63, 3.8) is 0 Å². The van der Waals surface area contributed by atoms with E-state index in [1.807, 2.05) is 0 Å². The van der Waals surface area contributed by atoms with Crippen LogP contribution in [0.1, 0.15) is 219 Å². The molecule has 1 rings (SSSR count). The average Bonchev–Trinajstić information content (AvgIpc) is 3.10. The van der Waals surface area contributed by atoms with Crippen molar-refractivity contribution in [1.82, 2.24) is 0 Å². The summed E-state index contributed by atoms with van der Waals surface area (Å²) in [6.07, 6.45) is 38.0. The predicted molar refractivity (Wildman–Crippen MR) is 217 cm³/mol. The Bertz CT molecular complexity index is 749. The van der Waals surface area contributed by atoms with E-state index in [0.29, 0.717) is 16.5 Å². The molecule has 2 N–H and O–H groups in total. The molecule has 290 valence electrons. The standard InChI is InChI=1S/C42H80O5S2/c1-3-5-7-9-11-13-15-17-19-21-23-25-27-29-31-33-39(48)46-35-37-41(43)42(44)38(36-45-37)47-40(49)34-32-30-28-26-24-22-20-18-16-14-12-10-8-6-4-2/h37-38,41-44H,3-36H2,1-2H3/t37-,38+,41-,42-/m1/s1. The number of hydrogen-bond donors (Lipinski definition) is 2. The molecule has 1 fully saturated rings. The lowest BCUT2D eigenvalue weighted by atomic mass is 10.0. The summed E-state index contributed by atoms with van der Waals surface area (Å²) in [5.41, 5.74) is 0. The van der Waals surface area contributed by atoms with E-state index < -0.39 is 24.4 Å². The summed E-state index contributed by atoms with van der Waals surface area (Å²) in [4.78, 5) is 0. The normalized spacial score (nSPS) is 19.3. The quantitative estimate of drug-likeness (QED) is 0.0497. The van der Waals surface area contributed by atoms with Gasteiger partial charge in [0, 0.05) is 12.8 Å². The van der Waals surface area contributed by atoms with E-state index in [1.54, 1.807) is 0 Å². The van der Waals surface area contributed by atoms with Gasteiger partial charge in [0.05, 0.1) is 6.61 Å². The molecule has 1 aliphatic heterocycles. The summed E-state index contributed by atoms with van der Waals surface area (Å²) in [5.74, 6) is 0. The van der Waals surface area contributed by atoms with Crippen molar-refractivity contribution < 1.29 is 24.4 Å². The molecule has 0 spiro atoms. The van der Waals surface area contributed by atoms with Crippen molar-refractivity contribution in [2.75, 3.05) is 13.2 Å². The Labute approximate surface area is 314 Å². The zero-order valence-electron chi connectivity index (χ0n) is 32.3. The number of aliphatic hydroxyl groups is 2. The van der Waals surface area contributed by atoms with Gasteiger partial charge in [-0.05, 0) is 37.3 Å². The van der Waals surface area contributed by atoms with Crippen LogP contribution in [0, 0.1) is 0 Å². The fourth-order valence-electron chi connectivity index (χ4n) is 6.86. The Morgan fingerprint density at radius 3 is 1.18 bits per heavy atom. The second-order valence-corrected chi connectivity index (χ2v) is 15.9. The van der Waals surface area contributed by atoms with Gasteiger partial charge in [-0.2, -0.15) is 0 Å². The van der Waals surface area contributed by atoms with E-state index in [2.05, 4.69) is 13.8 Å². The number of hydrogen-bond acceptors (Lipinski definition) is 7. The predicted octanol–water partition coefficient (Wildman–Crippen LogP) is 12.7. The highest BCUT2D eigenvalue weighted by molar-refractivity contribution is 7.80. The molecule has 0 aliphatic carbocycles. The molecule has 0 aromatic rings. The molecule has 7 heteroatoms. The first kappa shape index (κ1) is 46.7. The van der Waals surface area contributed by atoms with Crippen LogP contribution < -0.4 is 0 Å². The van der Waals surface area contributed by atoms with Crippen LogP contribution in [0.2, 0.25) is 0 Å². The Balaban J connectivity index is 1.96. The molecule has 0 aromatic carbocycles. The van der Waals surface area contributed by atoms with Crippen LogP contribution in [-0.4, -0.2) is 57.9 Å². The van der Waals surface area contributed by atoms with Crippen LogP contribution in [0.5, 0.6) is 0 Å². The molecule has 1 saturated heterocycles. The number of ether oxygens (including phenoxy) is 3. The molecule has 0 amide bonds. The average molecular weight is 729 g/mol. The van der Waals surface area contributed by atoms with E-state index in [-0.39, 0.29) is 13.2 Å². The van der Waals surface area contributed by atoms with Gasteiger partial charge in [0.2, 0.25) is 0 Å². The SMILES string of the molecule is CCCCCCCCCCCCCCCCCC(=S)OC[C@H]1OC[C@H](OC(=S)CCCCCCCCCCCCCCCCC)[C@@H](O)[C@@H]1O. The van der Waals surface area contributed by atoms with Gasteiger partial charge in [0.25, 0.3) is 0 Å². The van der Waals surface area contributed by atoms with E-state index in [0.717, 1.165) is 25.7 Å². The van der Waals surface area contributed by atoms with Gasteiger partial charge in [-0.1, -0.05) is 194 Å². The lowest BCUT2D eigenvalue weighted by Crippen LogP contribution is -2.55. The maximum atomic E-state index is 10.7. The first-order chi connectivity index (χ1) is 24.0. The van der Waals surface area contributed by atoms with Gasteiger partial charge < -0.3 is 24.4 Å². The summed E-state index contributed by atoms with van der Waals surface area (Å²) >= 11 is 10.9. The first-order valence-electron chi connectivity index (χ1n) is 21.3. The third kappa shape index (κ3) is 27.9. The van der Waals surface area contributed by atoms with Gasteiger partial charge in [0.1, 0.15) is 24.9 Å². The number of thiocarbonyl (C=S) groups is 2. The second-order valence-electron chi connectivity index (χ2n) is 15.0. The van der Waals surface area contributed by atoms with Gasteiger partial charge in [-0.3, -0.25) is 0 Å². The highest BCUT2D eigenvalue weighted by atomic mass is 32.1. The highest BCUT2D eigenvalue weighted by Crippen LogP contribution is 2.21. The molecule has 49 heavy (non-hydrogen) atoms. The Morgan fingerprint density at radius 2 is 0.816 bits per heavy atom. The van der Waals surface area contributed by atoms with Gasteiger partial charge in [-0.15, -0.1) is 0 Å². The topological polar surface area (TPSA) is 68.2 Å². The van der Waals surface area contributed by atoms with Crippen LogP contribution in [0.4, 0.5) is 0 Å². The summed E-state index contributed by atoms with van der Waals surface area (Å²) in [7, 11) is 0. The summed E-state index contributed by atoms with van der Waals surface area (Å²) in [6.45, 7) is 4.88. The maximum absolute atomic E-state index is 10.7. The Morgan fingerprint density at radius 1 is 0.490 bits per heavy atom. The Kier molecular flexibility index (Phi) is 33.1. The van der Waals surface area contributed by atoms with Crippen LogP contribution in [0.25, 0.3) is 0 Å². The van der Waals surface area contributed by atoms with Crippen LogP contribution >= 0.6 is 24.4 Å². The lowest BCUT2D eigenvalue weighted by Gasteiger charge is -2.37. The molecule has 0 radical (unpaired) electrons. The summed E-state index contributed by atoms with van der Waals surface area (Å²) in [6, 6.07) is 0. The molecule has 1 aliphatic rings. The fourth-order valence-corrected chi connectivity index (χ4v) is 7.34. The van der Waals surface area contributed by atoms with Crippen molar-refractivity contribution in [2.24, 2.45) is 0 Å².